The van der Waals surface area contributed by atoms with Crippen LogP contribution in [-0.4, -0.2) is 33.4 Å². The number of carbonyl (C=O) groups is 1. The summed E-state index contributed by atoms with van der Waals surface area (Å²) in [5.74, 6) is 1.52. The second-order valence-electron chi connectivity index (χ2n) is 7.16. The number of hydrogen-bond acceptors (Lipinski definition) is 6. The van der Waals surface area contributed by atoms with E-state index in [9.17, 15) is 4.79 Å². The van der Waals surface area contributed by atoms with Gasteiger partial charge in [-0.1, -0.05) is 0 Å². The summed E-state index contributed by atoms with van der Waals surface area (Å²) < 4.78 is 0. The van der Waals surface area contributed by atoms with Crippen molar-refractivity contribution in [2.24, 2.45) is 0 Å². The molecule has 27 heavy (non-hydrogen) atoms. The van der Waals surface area contributed by atoms with Gasteiger partial charge in [-0.25, -0.2) is 9.97 Å². The summed E-state index contributed by atoms with van der Waals surface area (Å²) in [7, 11) is 0. The Kier molecular flexibility index (Phi) is 4.24. The van der Waals surface area contributed by atoms with Gasteiger partial charge in [-0.2, -0.15) is 0 Å². The molecule has 2 N–H and O–H groups in total. The number of rotatable bonds is 3. The third-order valence-corrected chi connectivity index (χ3v) is 6.52. The Bertz CT molecular complexity index is 1000. The molecule has 2 aliphatic rings. The van der Waals surface area contributed by atoms with E-state index in [-0.39, 0.29) is 11.9 Å². The topological polar surface area (TPSA) is 79.8 Å². The molecule has 6 nitrogen and oxygen atoms in total. The van der Waals surface area contributed by atoms with Crippen molar-refractivity contribution in [2.45, 2.75) is 44.6 Å². The Hall–Kier alpha value is -2.54. The molecule has 138 valence electrons. The van der Waals surface area contributed by atoms with Crippen LogP contribution in [0.3, 0.4) is 0 Å². The highest BCUT2D eigenvalue weighted by molar-refractivity contribution is 7.19. The molecule has 1 aliphatic heterocycles. The van der Waals surface area contributed by atoms with Gasteiger partial charge in [-0.15, -0.1) is 11.3 Å². The fourth-order valence-electron chi connectivity index (χ4n) is 3.97. The number of aryl methyl sites for hydroxylation is 2. The van der Waals surface area contributed by atoms with Crippen molar-refractivity contribution < 1.29 is 4.79 Å². The average molecular weight is 379 g/mol. The van der Waals surface area contributed by atoms with E-state index >= 15 is 0 Å². The molecule has 3 aromatic rings. The predicted octanol–water partition coefficient (Wildman–Crippen LogP) is 3.32. The number of nitrogens with zero attached hydrogens (tertiary/aromatic N) is 3. The summed E-state index contributed by atoms with van der Waals surface area (Å²) >= 11 is 1.76. The van der Waals surface area contributed by atoms with Crippen molar-refractivity contribution in [2.75, 3.05) is 11.9 Å². The number of aromatic nitrogens is 3. The van der Waals surface area contributed by atoms with Crippen LogP contribution < -0.4 is 10.6 Å². The molecule has 0 radical (unpaired) electrons. The lowest BCUT2D eigenvalue weighted by atomic mass is 10.1. The third-order valence-electron chi connectivity index (χ3n) is 5.33. The van der Waals surface area contributed by atoms with Gasteiger partial charge in [-0.3, -0.25) is 9.78 Å². The van der Waals surface area contributed by atoms with Crippen molar-refractivity contribution in [1.29, 1.82) is 0 Å². The summed E-state index contributed by atoms with van der Waals surface area (Å²) in [6.45, 7) is 0.755. The van der Waals surface area contributed by atoms with E-state index < -0.39 is 0 Å². The van der Waals surface area contributed by atoms with Crippen LogP contribution in [0.5, 0.6) is 0 Å². The Morgan fingerprint density at radius 1 is 1.19 bits per heavy atom. The molecule has 0 spiro atoms. The Morgan fingerprint density at radius 2 is 2.15 bits per heavy atom. The molecule has 5 rings (SSSR count). The third kappa shape index (κ3) is 3.06. The van der Waals surface area contributed by atoms with E-state index in [0.29, 0.717) is 5.82 Å². The smallest absolute Gasteiger partial charge is 0.242 e. The van der Waals surface area contributed by atoms with Crippen molar-refractivity contribution in [1.82, 2.24) is 20.3 Å². The standard InChI is InChI=1S/C20H21N5OS/c26-19-14(7-1-2-10-22-19)23-18-16-13-6-3-8-15(13)27-20(16)25-17(24-18)12-5-4-9-21-11-12/h4-5,9,11,14H,1-3,6-8,10H2,(H,22,26)(H,23,24,25). The lowest BCUT2D eigenvalue weighted by Gasteiger charge is -2.17. The number of anilines is 1. The number of fused-ring (bicyclic) bond motifs is 3. The number of thiophene rings is 1. The summed E-state index contributed by atoms with van der Waals surface area (Å²) in [4.78, 5) is 28.7. The minimum atomic E-state index is -0.246. The Balaban J connectivity index is 1.63. The number of pyridine rings is 1. The van der Waals surface area contributed by atoms with Gasteiger partial charge in [0.1, 0.15) is 16.7 Å². The van der Waals surface area contributed by atoms with Gasteiger partial charge in [0, 0.05) is 29.4 Å². The summed E-state index contributed by atoms with van der Waals surface area (Å²) in [6.07, 6.45) is 9.77. The second-order valence-corrected chi connectivity index (χ2v) is 8.24. The highest BCUT2D eigenvalue weighted by Crippen LogP contribution is 2.40. The van der Waals surface area contributed by atoms with Gasteiger partial charge in [0.15, 0.2) is 5.82 Å². The fraction of sp³-hybridized carbons (Fsp3) is 0.400. The molecule has 3 aromatic heterocycles. The molecule has 1 atom stereocenters. The minimum absolute atomic E-state index is 0.0639. The molecule has 1 aliphatic carbocycles. The van der Waals surface area contributed by atoms with E-state index in [1.54, 1.807) is 23.7 Å². The molecule has 7 heteroatoms. The summed E-state index contributed by atoms with van der Waals surface area (Å²) in [6, 6.07) is 3.62. The lowest BCUT2D eigenvalue weighted by Crippen LogP contribution is -2.38. The highest BCUT2D eigenvalue weighted by atomic mass is 32.1. The number of nitrogens with one attached hydrogen (secondary N) is 2. The quantitative estimate of drug-likeness (QED) is 0.730. The highest BCUT2D eigenvalue weighted by Gasteiger charge is 2.26. The zero-order chi connectivity index (χ0) is 18.2. The number of carbonyl (C=O) groups excluding carboxylic acids is 1. The van der Waals surface area contributed by atoms with Crippen LogP contribution in [0.15, 0.2) is 24.5 Å². The van der Waals surface area contributed by atoms with Gasteiger partial charge < -0.3 is 10.6 Å². The maximum Gasteiger partial charge on any atom is 0.242 e. The maximum absolute atomic E-state index is 12.5. The van der Waals surface area contributed by atoms with Crippen LogP contribution in [-0.2, 0) is 17.6 Å². The predicted molar refractivity (Wildman–Crippen MR) is 107 cm³/mol. The summed E-state index contributed by atoms with van der Waals surface area (Å²) in [5, 5.41) is 7.57. The lowest BCUT2D eigenvalue weighted by molar-refractivity contribution is -0.121. The molecule has 1 unspecified atom stereocenters. The van der Waals surface area contributed by atoms with Crippen LogP contribution in [0, 0.1) is 0 Å². The first-order valence-corrected chi connectivity index (χ1v) is 10.4. The average Bonchev–Trinajstić information content (AvgIpc) is 3.21. The van der Waals surface area contributed by atoms with Gasteiger partial charge >= 0.3 is 0 Å². The molecule has 1 amide bonds. The Morgan fingerprint density at radius 3 is 3.04 bits per heavy atom. The van der Waals surface area contributed by atoms with Crippen molar-refractivity contribution >= 4 is 33.3 Å². The molecule has 4 heterocycles. The van der Waals surface area contributed by atoms with Crippen molar-refractivity contribution in [3.8, 4) is 11.4 Å². The summed E-state index contributed by atoms with van der Waals surface area (Å²) in [5.41, 5.74) is 2.26. The maximum atomic E-state index is 12.5. The molecule has 1 fully saturated rings. The van der Waals surface area contributed by atoms with Crippen molar-refractivity contribution in [3.05, 3.63) is 35.0 Å². The van der Waals surface area contributed by atoms with Crippen LogP contribution in [0.25, 0.3) is 21.6 Å². The van der Waals surface area contributed by atoms with E-state index in [0.717, 1.165) is 60.2 Å². The molecule has 0 aromatic carbocycles. The van der Waals surface area contributed by atoms with Crippen LogP contribution in [0.2, 0.25) is 0 Å². The van der Waals surface area contributed by atoms with Gasteiger partial charge in [-0.05, 0) is 56.2 Å². The van der Waals surface area contributed by atoms with Crippen LogP contribution >= 0.6 is 11.3 Å². The number of amides is 1. The Labute approximate surface area is 161 Å². The van der Waals surface area contributed by atoms with Crippen molar-refractivity contribution in [3.63, 3.8) is 0 Å². The fourth-order valence-corrected chi connectivity index (χ4v) is 5.23. The first-order valence-electron chi connectivity index (χ1n) is 9.56. The van der Waals surface area contributed by atoms with Crippen LogP contribution in [0.1, 0.15) is 36.1 Å². The van der Waals surface area contributed by atoms with E-state index in [4.69, 9.17) is 9.97 Å². The van der Waals surface area contributed by atoms with Gasteiger partial charge in [0.05, 0.1) is 5.39 Å². The zero-order valence-corrected chi connectivity index (χ0v) is 15.8. The van der Waals surface area contributed by atoms with Gasteiger partial charge in [0.2, 0.25) is 5.91 Å². The molecular formula is C20H21N5OS. The number of hydrogen-bond donors (Lipinski definition) is 2. The zero-order valence-electron chi connectivity index (χ0n) is 15.0. The second kappa shape index (κ2) is 6.88. The molecule has 0 bridgehead atoms. The molecule has 1 saturated heterocycles. The monoisotopic (exact) mass is 379 g/mol. The SMILES string of the molecule is O=C1NCCCCC1Nc1nc(-c2cccnc2)nc2sc3c(c12)CCC3. The van der Waals surface area contributed by atoms with Crippen LogP contribution in [0.4, 0.5) is 5.82 Å². The van der Waals surface area contributed by atoms with E-state index in [2.05, 4.69) is 15.6 Å². The normalized spacial score (nSPS) is 19.6. The molecule has 0 saturated carbocycles. The first kappa shape index (κ1) is 16.6. The van der Waals surface area contributed by atoms with E-state index in [1.165, 1.54) is 16.9 Å². The largest absolute Gasteiger partial charge is 0.358 e. The van der Waals surface area contributed by atoms with E-state index in [1.807, 2.05) is 12.1 Å². The first-order chi connectivity index (χ1) is 13.3. The van der Waals surface area contributed by atoms with Gasteiger partial charge in [0.25, 0.3) is 0 Å². The molecular weight excluding hydrogens is 358 g/mol. The minimum Gasteiger partial charge on any atom is -0.358 e.